The quantitative estimate of drug-likeness (QED) is 0.604. The number of hydrogen-bond acceptors (Lipinski definition) is 5. The van der Waals surface area contributed by atoms with Gasteiger partial charge in [-0.05, 0) is 19.1 Å². The first-order valence-electron chi connectivity index (χ1n) is 7.93. The molecule has 0 aliphatic carbocycles. The molecule has 0 saturated heterocycles. The second-order valence-corrected chi connectivity index (χ2v) is 6.14. The fourth-order valence-corrected chi connectivity index (χ4v) is 2.64. The predicted molar refractivity (Wildman–Crippen MR) is 92.7 cm³/mol. The monoisotopic (exact) mass is 399 g/mol. The van der Waals surface area contributed by atoms with Crippen molar-refractivity contribution in [2.75, 3.05) is 6.61 Å². The van der Waals surface area contributed by atoms with Crippen LogP contribution >= 0.6 is 11.6 Å². The van der Waals surface area contributed by atoms with Crippen LogP contribution < -0.4 is 10.1 Å². The molecule has 144 valence electrons. The van der Waals surface area contributed by atoms with Crippen LogP contribution in [0.15, 0.2) is 28.8 Å². The number of aromatic nitrogens is 2. The van der Waals surface area contributed by atoms with E-state index in [1.165, 1.54) is 0 Å². The molecule has 0 unspecified atom stereocenters. The number of fused-ring (bicyclic) bond motifs is 1. The Morgan fingerprint density at radius 3 is 2.89 bits per heavy atom. The maximum Gasteiger partial charge on any atom is 0.345 e. The van der Waals surface area contributed by atoms with E-state index in [-0.39, 0.29) is 13.2 Å². The number of carbonyl (C=O) groups excluding carboxylic acids is 1. The van der Waals surface area contributed by atoms with E-state index in [0.717, 1.165) is 16.6 Å². The summed E-state index contributed by atoms with van der Waals surface area (Å²) in [4.78, 5) is 14.5. The number of aromatic amines is 1. The molecular formula is C17H16ClF2N3O4. The van der Waals surface area contributed by atoms with Crippen molar-refractivity contribution in [1.29, 1.82) is 0 Å². The number of nitrogens with zero attached hydrogens (tertiary/aromatic N) is 1. The maximum absolute atomic E-state index is 11.9. The van der Waals surface area contributed by atoms with Gasteiger partial charge in [-0.3, -0.25) is 4.79 Å². The van der Waals surface area contributed by atoms with Crippen molar-refractivity contribution in [1.82, 2.24) is 15.5 Å². The van der Waals surface area contributed by atoms with E-state index in [4.69, 9.17) is 20.9 Å². The maximum atomic E-state index is 11.9. The standard InChI is InChI=1S/C17H16ClF2N3O4/c1-9-2-12(27-23-9)7-25-15-5-14-10(4-13(15)18)3-11(22-14)6-21-16(24)8-26-17(19)20/h2-5,17,22H,6-8H2,1H3,(H,21,24). The average molecular weight is 400 g/mol. The van der Waals surface area contributed by atoms with E-state index in [1.54, 1.807) is 24.3 Å². The van der Waals surface area contributed by atoms with Gasteiger partial charge in [-0.1, -0.05) is 16.8 Å². The molecule has 2 aromatic heterocycles. The van der Waals surface area contributed by atoms with Crippen LogP contribution in [0.3, 0.4) is 0 Å². The SMILES string of the molecule is Cc1cc(COc2cc3[nH]c(CNC(=O)COC(F)F)cc3cc2Cl)on1. The molecule has 0 fully saturated rings. The van der Waals surface area contributed by atoms with Crippen molar-refractivity contribution in [2.45, 2.75) is 26.7 Å². The third kappa shape index (κ3) is 5.18. The molecule has 2 heterocycles. The summed E-state index contributed by atoms with van der Waals surface area (Å²) in [7, 11) is 0. The molecule has 0 aliphatic heterocycles. The molecule has 1 aromatic carbocycles. The minimum atomic E-state index is -2.98. The Kier molecular flexibility index (Phi) is 5.92. The van der Waals surface area contributed by atoms with Crippen LogP contribution in [-0.4, -0.2) is 29.3 Å². The second-order valence-electron chi connectivity index (χ2n) is 5.74. The number of ether oxygens (including phenoxy) is 2. The van der Waals surface area contributed by atoms with Crippen LogP contribution in [0, 0.1) is 6.92 Å². The summed E-state index contributed by atoms with van der Waals surface area (Å²) in [6.07, 6.45) is 0. The molecule has 1 amide bonds. The van der Waals surface area contributed by atoms with Crippen molar-refractivity contribution in [2.24, 2.45) is 0 Å². The Balaban J connectivity index is 1.63. The number of hydrogen-bond donors (Lipinski definition) is 2. The summed E-state index contributed by atoms with van der Waals surface area (Å²) in [6, 6.07) is 7.00. The predicted octanol–water partition coefficient (Wildman–Crippen LogP) is 3.55. The molecule has 3 aromatic rings. The van der Waals surface area contributed by atoms with E-state index in [1.807, 2.05) is 6.92 Å². The number of carbonyl (C=O) groups is 1. The lowest BCUT2D eigenvalue weighted by Crippen LogP contribution is -2.28. The summed E-state index contributed by atoms with van der Waals surface area (Å²) in [5, 5.41) is 7.50. The third-order valence-corrected chi connectivity index (χ3v) is 3.89. The van der Waals surface area contributed by atoms with Gasteiger partial charge in [0, 0.05) is 28.7 Å². The third-order valence-electron chi connectivity index (χ3n) is 3.59. The lowest BCUT2D eigenvalue weighted by Gasteiger charge is -2.06. The Labute approximate surface area is 157 Å². The van der Waals surface area contributed by atoms with E-state index < -0.39 is 19.1 Å². The van der Waals surface area contributed by atoms with Gasteiger partial charge in [-0.25, -0.2) is 0 Å². The molecule has 27 heavy (non-hydrogen) atoms. The van der Waals surface area contributed by atoms with E-state index in [9.17, 15) is 13.6 Å². The number of nitrogens with one attached hydrogen (secondary N) is 2. The van der Waals surface area contributed by atoms with E-state index >= 15 is 0 Å². The Morgan fingerprint density at radius 1 is 1.37 bits per heavy atom. The number of benzene rings is 1. The Hall–Kier alpha value is -2.65. The summed E-state index contributed by atoms with van der Waals surface area (Å²) >= 11 is 6.24. The minimum Gasteiger partial charge on any atom is -0.484 e. The highest BCUT2D eigenvalue weighted by molar-refractivity contribution is 6.32. The summed E-state index contributed by atoms with van der Waals surface area (Å²) < 4.78 is 38.5. The van der Waals surface area contributed by atoms with Crippen molar-refractivity contribution < 1.29 is 27.6 Å². The summed E-state index contributed by atoms with van der Waals surface area (Å²) in [5.41, 5.74) is 2.18. The zero-order chi connectivity index (χ0) is 19.4. The van der Waals surface area contributed by atoms with Crippen LogP contribution in [0.5, 0.6) is 5.75 Å². The zero-order valence-corrected chi connectivity index (χ0v) is 15.0. The first-order chi connectivity index (χ1) is 12.9. The molecule has 10 heteroatoms. The van der Waals surface area contributed by atoms with Gasteiger partial charge in [-0.2, -0.15) is 8.78 Å². The number of alkyl halides is 2. The van der Waals surface area contributed by atoms with Gasteiger partial charge < -0.3 is 24.3 Å². The van der Waals surface area contributed by atoms with Crippen molar-refractivity contribution in [3.63, 3.8) is 0 Å². The lowest BCUT2D eigenvalue weighted by atomic mass is 10.2. The molecule has 7 nitrogen and oxygen atoms in total. The molecule has 0 spiro atoms. The normalized spacial score (nSPS) is 11.3. The lowest BCUT2D eigenvalue weighted by molar-refractivity contribution is -0.151. The van der Waals surface area contributed by atoms with Crippen LogP contribution in [0.1, 0.15) is 17.1 Å². The minimum absolute atomic E-state index is 0.130. The summed E-state index contributed by atoms with van der Waals surface area (Å²) in [6.45, 7) is -1.57. The van der Waals surface area contributed by atoms with Crippen LogP contribution in [-0.2, 0) is 22.7 Å². The Morgan fingerprint density at radius 2 is 2.19 bits per heavy atom. The smallest absolute Gasteiger partial charge is 0.345 e. The molecule has 2 N–H and O–H groups in total. The topological polar surface area (TPSA) is 89.4 Å². The molecule has 0 aliphatic rings. The average Bonchev–Trinajstić information content (AvgIpc) is 3.21. The molecule has 0 radical (unpaired) electrons. The second kappa shape index (κ2) is 8.36. The first kappa shape index (κ1) is 19.1. The van der Waals surface area contributed by atoms with Gasteiger partial charge in [0.25, 0.3) is 0 Å². The highest BCUT2D eigenvalue weighted by Crippen LogP contribution is 2.31. The van der Waals surface area contributed by atoms with Crippen molar-refractivity contribution >= 4 is 28.4 Å². The van der Waals surface area contributed by atoms with Crippen LogP contribution in [0.4, 0.5) is 8.78 Å². The van der Waals surface area contributed by atoms with E-state index in [2.05, 4.69) is 20.2 Å². The van der Waals surface area contributed by atoms with Crippen LogP contribution in [0.2, 0.25) is 5.02 Å². The molecule has 0 atom stereocenters. The highest BCUT2D eigenvalue weighted by atomic mass is 35.5. The van der Waals surface area contributed by atoms with Gasteiger partial charge in [-0.15, -0.1) is 0 Å². The van der Waals surface area contributed by atoms with E-state index in [0.29, 0.717) is 22.2 Å². The van der Waals surface area contributed by atoms with Gasteiger partial charge in [0.15, 0.2) is 5.76 Å². The number of H-pyrrole nitrogens is 1. The van der Waals surface area contributed by atoms with Gasteiger partial charge >= 0.3 is 6.61 Å². The first-order valence-corrected chi connectivity index (χ1v) is 8.31. The largest absolute Gasteiger partial charge is 0.484 e. The number of rotatable bonds is 8. The van der Waals surface area contributed by atoms with Crippen LogP contribution in [0.25, 0.3) is 10.9 Å². The fourth-order valence-electron chi connectivity index (χ4n) is 2.42. The molecule has 0 saturated carbocycles. The molecule has 0 bridgehead atoms. The zero-order valence-electron chi connectivity index (χ0n) is 14.2. The number of amides is 1. The van der Waals surface area contributed by atoms with Crippen molar-refractivity contribution in [3.05, 3.63) is 46.4 Å². The Bertz CT molecular complexity index is 942. The van der Waals surface area contributed by atoms with Gasteiger partial charge in [0.2, 0.25) is 5.91 Å². The number of aryl methyl sites for hydroxylation is 1. The summed E-state index contributed by atoms with van der Waals surface area (Å²) in [5.74, 6) is 0.393. The van der Waals surface area contributed by atoms with Gasteiger partial charge in [0.1, 0.15) is 19.0 Å². The highest BCUT2D eigenvalue weighted by Gasteiger charge is 2.11. The fraction of sp³-hybridized carbons (Fsp3) is 0.294. The number of halogens is 3. The molecule has 3 rings (SSSR count). The van der Waals surface area contributed by atoms with Crippen molar-refractivity contribution in [3.8, 4) is 5.75 Å². The molecular weight excluding hydrogens is 384 g/mol. The van der Waals surface area contributed by atoms with Gasteiger partial charge in [0.05, 0.1) is 17.3 Å².